The van der Waals surface area contributed by atoms with Gasteiger partial charge in [0.2, 0.25) is 5.91 Å². The van der Waals surface area contributed by atoms with E-state index < -0.39 is 6.04 Å². The highest BCUT2D eigenvalue weighted by molar-refractivity contribution is 5.85. The number of amides is 1. The average molecular weight is 171 g/mol. The summed E-state index contributed by atoms with van der Waals surface area (Å²) in [5.41, 5.74) is 0. The molecule has 1 saturated heterocycles. The molecule has 0 aromatic carbocycles. The zero-order valence-corrected chi connectivity index (χ0v) is 7.13. The predicted octanol–water partition coefficient (Wildman–Crippen LogP) is 0.218. The molecule has 68 valence electrons. The van der Waals surface area contributed by atoms with Crippen LogP contribution < -0.4 is 5.32 Å². The molecule has 0 spiro atoms. The van der Waals surface area contributed by atoms with E-state index in [1.165, 1.54) is 0 Å². The van der Waals surface area contributed by atoms with Gasteiger partial charge in [0.25, 0.3) is 0 Å². The lowest BCUT2D eigenvalue weighted by Gasteiger charge is -2.07. The Kier molecular flexibility index (Phi) is 3.08. The lowest BCUT2D eigenvalue weighted by atomic mass is 10.2. The fraction of sp³-hybridized carbons (Fsp3) is 0.750. The number of carbonyl (C=O) groups excluding carboxylic acids is 2. The fourth-order valence-corrected chi connectivity index (χ4v) is 1.12. The van der Waals surface area contributed by atoms with Crippen LogP contribution in [0.25, 0.3) is 0 Å². The molecule has 1 aliphatic rings. The van der Waals surface area contributed by atoms with Crippen LogP contribution in [-0.2, 0) is 14.3 Å². The third-order valence-electron chi connectivity index (χ3n) is 1.75. The van der Waals surface area contributed by atoms with Crippen molar-refractivity contribution in [2.45, 2.75) is 32.2 Å². The van der Waals surface area contributed by atoms with Crippen LogP contribution in [0.3, 0.4) is 0 Å². The average Bonchev–Trinajstić information content (AvgIpc) is 2.37. The van der Waals surface area contributed by atoms with Crippen LogP contribution >= 0.6 is 0 Å². The Morgan fingerprint density at radius 3 is 3.00 bits per heavy atom. The fourth-order valence-electron chi connectivity index (χ4n) is 1.12. The van der Waals surface area contributed by atoms with Gasteiger partial charge in [0.1, 0.15) is 6.04 Å². The first-order valence-corrected chi connectivity index (χ1v) is 4.20. The van der Waals surface area contributed by atoms with Crippen molar-refractivity contribution < 1.29 is 14.3 Å². The Bertz CT molecular complexity index is 191. The van der Waals surface area contributed by atoms with Crippen LogP contribution in [0.2, 0.25) is 0 Å². The Morgan fingerprint density at radius 1 is 1.75 bits per heavy atom. The summed E-state index contributed by atoms with van der Waals surface area (Å²) in [4.78, 5) is 21.9. The van der Waals surface area contributed by atoms with E-state index >= 15 is 0 Å². The minimum Gasteiger partial charge on any atom is -0.464 e. The highest BCUT2D eigenvalue weighted by Gasteiger charge is 2.27. The molecule has 0 aliphatic carbocycles. The third-order valence-corrected chi connectivity index (χ3v) is 1.75. The minimum absolute atomic E-state index is 0.0682. The van der Waals surface area contributed by atoms with Gasteiger partial charge in [-0.05, 0) is 6.42 Å². The highest BCUT2D eigenvalue weighted by atomic mass is 16.5. The Balaban J connectivity index is 2.30. The maximum Gasteiger partial charge on any atom is 0.328 e. The molecule has 12 heavy (non-hydrogen) atoms. The van der Waals surface area contributed by atoms with Crippen LogP contribution in [0.4, 0.5) is 0 Å². The second-order valence-electron chi connectivity index (χ2n) is 2.83. The molecular formula is C8H13NO3. The monoisotopic (exact) mass is 171 g/mol. The zero-order valence-electron chi connectivity index (χ0n) is 7.13. The van der Waals surface area contributed by atoms with Gasteiger partial charge in [-0.1, -0.05) is 6.92 Å². The summed E-state index contributed by atoms with van der Waals surface area (Å²) in [5.74, 6) is -0.374. The summed E-state index contributed by atoms with van der Waals surface area (Å²) in [6.45, 7) is 2.35. The van der Waals surface area contributed by atoms with E-state index in [1.807, 2.05) is 6.92 Å². The van der Waals surface area contributed by atoms with Crippen molar-refractivity contribution in [3.05, 3.63) is 0 Å². The Hall–Kier alpha value is -1.06. The maximum atomic E-state index is 11.0. The van der Waals surface area contributed by atoms with Crippen molar-refractivity contribution in [2.24, 2.45) is 0 Å². The minimum atomic E-state index is -0.399. The quantitative estimate of drug-likeness (QED) is 0.618. The summed E-state index contributed by atoms with van der Waals surface area (Å²) in [5, 5.41) is 2.62. The molecule has 0 saturated carbocycles. The number of nitrogens with one attached hydrogen (secondary N) is 1. The summed E-state index contributed by atoms with van der Waals surface area (Å²) >= 11 is 0. The number of ether oxygens (including phenoxy) is 1. The molecule has 0 bridgehead atoms. The largest absolute Gasteiger partial charge is 0.464 e. The molecule has 1 heterocycles. The van der Waals surface area contributed by atoms with E-state index in [4.69, 9.17) is 4.74 Å². The molecule has 1 rings (SSSR count). The molecule has 1 amide bonds. The van der Waals surface area contributed by atoms with Gasteiger partial charge < -0.3 is 10.1 Å². The first-order chi connectivity index (χ1) is 5.74. The van der Waals surface area contributed by atoms with Gasteiger partial charge in [0.15, 0.2) is 0 Å². The number of cyclic esters (lactones) is 1. The van der Waals surface area contributed by atoms with E-state index in [1.54, 1.807) is 0 Å². The van der Waals surface area contributed by atoms with Gasteiger partial charge in [-0.25, -0.2) is 4.79 Å². The molecule has 0 aromatic heterocycles. The van der Waals surface area contributed by atoms with Gasteiger partial charge in [-0.15, -0.1) is 0 Å². The van der Waals surface area contributed by atoms with Gasteiger partial charge in [-0.3, -0.25) is 4.79 Å². The first-order valence-electron chi connectivity index (χ1n) is 4.20. The van der Waals surface area contributed by atoms with Crippen molar-refractivity contribution in [3.63, 3.8) is 0 Å². The molecule has 1 atom stereocenters. The van der Waals surface area contributed by atoms with E-state index in [2.05, 4.69) is 5.32 Å². The van der Waals surface area contributed by atoms with Crippen LogP contribution in [0, 0.1) is 0 Å². The van der Waals surface area contributed by atoms with Crippen molar-refractivity contribution >= 4 is 11.9 Å². The Morgan fingerprint density at radius 2 is 2.50 bits per heavy atom. The zero-order chi connectivity index (χ0) is 8.97. The van der Waals surface area contributed by atoms with Crippen LogP contribution in [0.15, 0.2) is 0 Å². The van der Waals surface area contributed by atoms with Crippen molar-refractivity contribution in [1.82, 2.24) is 5.32 Å². The lowest BCUT2D eigenvalue weighted by Crippen LogP contribution is -2.37. The summed E-state index contributed by atoms with van der Waals surface area (Å²) < 4.78 is 4.69. The molecule has 4 heteroatoms. The molecule has 0 unspecified atom stereocenters. The molecule has 1 aliphatic heterocycles. The van der Waals surface area contributed by atoms with Crippen molar-refractivity contribution in [3.8, 4) is 0 Å². The van der Waals surface area contributed by atoms with Crippen LogP contribution in [-0.4, -0.2) is 24.5 Å². The van der Waals surface area contributed by atoms with E-state index in [9.17, 15) is 9.59 Å². The SMILES string of the molecule is CCCC(=O)N[C@H]1CCOC1=O. The Labute approximate surface area is 71.3 Å². The predicted molar refractivity (Wildman–Crippen MR) is 42.4 cm³/mol. The molecule has 4 nitrogen and oxygen atoms in total. The first kappa shape index (κ1) is 9.03. The molecular weight excluding hydrogens is 158 g/mol. The second-order valence-corrected chi connectivity index (χ2v) is 2.83. The normalized spacial score (nSPS) is 22.1. The summed E-state index contributed by atoms with van der Waals surface area (Å²) in [6.07, 6.45) is 1.88. The van der Waals surface area contributed by atoms with Gasteiger partial charge in [0.05, 0.1) is 6.61 Å². The third kappa shape index (κ3) is 2.22. The highest BCUT2D eigenvalue weighted by Crippen LogP contribution is 2.05. The lowest BCUT2D eigenvalue weighted by molar-refractivity contribution is -0.141. The number of esters is 1. The number of rotatable bonds is 3. The molecule has 0 aromatic rings. The van der Waals surface area contributed by atoms with Crippen LogP contribution in [0.5, 0.6) is 0 Å². The number of hydrogen-bond donors (Lipinski definition) is 1. The number of carbonyl (C=O) groups is 2. The molecule has 0 radical (unpaired) electrons. The summed E-state index contributed by atoms with van der Waals surface area (Å²) in [6, 6.07) is -0.399. The maximum absolute atomic E-state index is 11.0. The second kappa shape index (κ2) is 4.09. The van der Waals surface area contributed by atoms with E-state index in [-0.39, 0.29) is 11.9 Å². The topological polar surface area (TPSA) is 55.4 Å². The van der Waals surface area contributed by atoms with E-state index in [0.717, 1.165) is 6.42 Å². The number of hydrogen-bond acceptors (Lipinski definition) is 3. The van der Waals surface area contributed by atoms with E-state index in [0.29, 0.717) is 19.4 Å². The molecule has 1 N–H and O–H groups in total. The summed E-state index contributed by atoms with van der Waals surface area (Å²) in [7, 11) is 0. The molecule has 1 fully saturated rings. The van der Waals surface area contributed by atoms with Crippen molar-refractivity contribution in [2.75, 3.05) is 6.61 Å². The van der Waals surface area contributed by atoms with Gasteiger partial charge in [-0.2, -0.15) is 0 Å². The van der Waals surface area contributed by atoms with Gasteiger partial charge >= 0.3 is 5.97 Å². The van der Waals surface area contributed by atoms with Crippen molar-refractivity contribution in [1.29, 1.82) is 0 Å². The van der Waals surface area contributed by atoms with Crippen LogP contribution in [0.1, 0.15) is 26.2 Å². The smallest absolute Gasteiger partial charge is 0.328 e. The van der Waals surface area contributed by atoms with Gasteiger partial charge in [0, 0.05) is 12.8 Å². The standard InChI is InChI=1S/C8H13NO3/c1-2-3-7(10)9-6-4-5-12-8(6)11/h6H,2-5H2,1H3,(H,9,10)/t6-/m0/s1.